The minimum Gasteiger partial charge on any atom is -0.465 e. The van der Waals surface area contributed by atoms with Gasteiger partial charge in [0.05, 0.1) is 25.3 Å². The van der Waals surface area contributed by atoms with E-state index in [9.17, 15) is 27.2 Å². The van der Waals surface area contributed by atoms with Crippen LogP contribution < -0.4 is 0 Å². The molecule has 1 unspecified atom stereocenters. The van der Waals surface area contributed by atoms with Gasteiger partial charge in [-0.3, -0.25) is 14.6 Å². The van der Waals surface area contributed by atoms with E-state index in [-0.39, 0.29) is 19.8 Å². The fraction of sp³-hybridized carbons (Fsp3) is 0.400. The summed E-state index contributed by atoms with van der Waals surface area (Å²) in [6, 6.07) is 0. The first-order valence-corrected chi connectivity index (χ1v) is 6.92. The van der Waals surface area contributed by atoms with Crippen LogP contribution in [-0.4, -0.2) is 42.8 Å². The number of carbonyl (C=O) groups is 2. The standard InChI is InChI=1S/C15H15F4NO4/c1-3-24-15(23)8(6-20-4-5-21)14(22)9-7(2)10(16)12(18)13(19)11(9)17/h6,8,21H,3-5H2,1-2H3. The highest BCUT2D eigenvalue weighted by Gasteiger charge is 2.34. The Morgan fingerprint density at radius 1 is 1.17 bits per heavy atom. The van der Waals surface area contributed by atoms with E-state index in [4.69, 9.17) is 5.11 Å². The Labute approximate surface area is 135 Å². The molecule has 1 aromatic rings. The smallest absolute Gasteiger partial charge is 0.322 e. The summed E-state index contributed by atoms with van der Waals surface area (Å²) in [7, 11) is 0. The van der Waals surface area contributed by atoms with Crippen molar-refractivity contribution in [2.75, 3.05) is 19.8 Å². The van der Waals surface area contributed by atoms with Gasteiger partial charge < -0.3 is 9.84 Å². The Bertz CT molecular complexity index is 647. The van der Waals surface area contributed by atoms with Crippen molar-refractivity contribution in [3.63, 3.8) is 0 Å². The van der Waals surface area contributed by atoms with Crippen LogP contribution in [0.25, 0.3) is 0 Å². The number of aliphatic hydroxyl groups excluding tert-OH is 1. The van der Waals surface area contributed by atoms with Crippen LogP contribution in [0.15, 0.2) is 4.99 Å². The van der Waals surface area contributed by atoms with Crippen LogP contribution in [0.2, 0.25) is 0 Å². The second kappa shape index (κ2) is 8.53. The number of carbonyl (C=O) groups excluding carboxylic acids is 2. The van der Waals surface area contributed by atoms with Crippen molar-refractivity contribution in [3.05, 3.63) is 34.4 Å². The van der Waals surface area contributed by atoms with Gasteiger partial charge in [-0.2, -0.15) is 0 Å². The minimum absolute atomic E-state index is 0.107. The lowest BCUT2D eigenvalue weighted by atomic mass is 9.94. The lowest BCUT2D eigenvalue weighted by Crippen LogP contribution is -2.30. The van der Waals surface area contributed by atoms with Crippen molar-refractivity contribution >= 4 is 18.0 Å². The van der Waals surface area contributed by atoms with E-state index in [0.29, 0.717) is 0 Å². The molecule has 1 rings (SSSR count). The summed E-state index contributed by atoms with van der Waals surface area (Å²) >= 11 is 0. The first kappa shape index (κ1) is 19.8. The molecule has 0 spiro atoms. The molecule has 1 atom stereocenters. The van der Waals surface area contributed by atoms with E-state index in [0.717, 1.165) is 13.1 Å². The quantitative estimate of drug-likeness (QED) is 0.155. The zero-order valence-corrected chi connectivity index (χ0v) is 12.9. The van der Waals surface area contributed by atoms with Gasteiger partial charge in [-0.05, 0) is 13.8 Å². The van der Waals surface area contributed by atoms with E-state index >= 15 is 0 Å². The fourth-order valence-corrected chi connectivity index (χ4v) is 1.90. The van der Waals surface area contributed by atoms with Crippen molar-refractivity contribution < 1.29 is 37.0 Å². The molecule has 132 valence electrons. The van der Waals surface area contributed by atoms with E-state index in [1.54, 1.807) is 0 Å². The monoisotopic (exact) mass is 349 g/mol. The van der Waals surface area contributed by atoms with Crippen LogP contribution >= 0.6 is 0 Å². The number of aliphatic imine (C=N–C) groups is 1. The number of rotatable bonds is 7. The van der Waals surface area contributed by atoms with Gasteiger partial charge in [-0.1, -0.05) is 0 Å². The number of ether oxygens (including phenoxy) is 1. The summed E-state index contributed by atoms with van der Waals surface area (Å²) in [5.74, 6) is -12.1. The lowest BCUT2D eigenvalue weighted by Gasteiger charge is -2.14. The highest BCUT2D eigenvalue weighted by Crippen LogP contribution is 2.26. The predicted molar refractivity (Wildman–Crippen MR) is 75.9 cm³/mol. The molecule has 9 heteroatoms. The number of esters is 1. The maximum absolute atomic E-state index is 13.9. The van der Waals surface area contributed by atoms with Gasteiger partial charge in [0.1, 0.15) is 0 Å². The van der Waals surface area contributed by atoms with Gasteiger partial charge in [-0.25, -0.2) is 17.6 Å². The first-order valence-electron chi connectivity index (χ1n) is 6.92. The molecule has 24 heavy (non-hydrogen) atoms. The van der Waals surface area contributed by atoms with E-state index in [2.05, 4.69) is 9.73 Å². The van der Waals surface area contributed by atoms with E-state index in [1.807, 2.05) is 0 Å². The molecule has 0 aromatic heterocycles. The van der Waals surface area contributed by atoms with Crippen molar-refractivity contribution in [1.29, 1.82) is 0 Å². The fourth-order valence-electron chi connectivity index (χ4n) is 1.90. The number of nitrogens with zero attached hydrogens (tertiary/aromatic N) is 1. The molecule has 0 saturated heterocycles. The van der Waals surface area contributed by atoms with E-state index < -0.39 is 52.1 Å². The van der Waals surface area contributed by atoms with Crippen LogP contribution in [0.1, 0.15) is 22.8 Å². The van der Waals surface area contributed by atoms with Gasteiger partial charge >= 0.3 is 5.97 Å². The van der Waals surface area contributed by atoms with Crippen molar-refractivity contribution in [3.8, 4) is 0 Å². The van der Waals surface area contributed by atoms with Gasteiger partial charge in [0.15, 0.2) is 35.0 Å². The van der Waals surface area contributed by atoms with Gasteiger partial charge in [0.2, 0.25) is 0 Å². The summed E-state index contributed by atoms with van der Waals surface area (Å²) in [4.78, 5) is 27.8. The highest BCUT2D eigenvalue weighted by molar-refractivity contribution is 6.19. The average Bonchev–Trinajstić information content (AvgIpc) is 2.55. The number of halogens is 4. The van der Waals surface area contributed by atoms with Crippen molar-refractivity contribution in [2.24, 2.45) is 10.9 Å². The maximum Gasteiger partial charge on any atom is 0.322 e. The molecule has 1 aromatic carbocycles. The van der Waals surface area contributed by atoms with Crippen LogP contribution in [-0.2, 0) is 9.53 Å². The van der Waals surface area contributed by atoms with Gasteiger partial charge in [-0.15, -0.1) is 0 Å². The van der Waals surface area contributed by atoms with E-state index in [1.165, 1.54) is 6.92 Å². The summed E-state index contributed by atoms with van der Waals surface area (Å²) < 4.78 is 58.7. The van der Waals surface area contributed by atoms with Crippen LogP contribution in [0.5, 0.6) is 0 Å². The summed E-state index contributed by atoms with van der Waals surface area (Å²) in [6.07, 6.45) is 0.786. The molecule has 0 aliphatic rings. The lowest BCUT2D eigenvalue weighted by molar-refractivity contribution is -0.143. The zero-order chi connectivity index (χ0) is 18.4. The summed E-state index contributed by atoms with van der Waals surface area (Å²) in [6.45, 7) is 1.68. The maximum atomic E-state index is 13.9. The molecular weight excluding hydrogens is 334 g/mol. The third-order valence-corrected chi connectivity index (χ3v) is 3.05. The number of hydrogen-bond donors (Lipinski definition) is 1. The number of ketones is 1. The number of benzene rings is 1. The van der Waals surface area contributed by atoms with Crippen molar-refractivity contribution in [1.82, 2.24) is 0 Å². The molecule has 0 aliphatic heterocycles. The Hall–Kier alpha value is -2.29. The third-order valence-electron chi connectivity index (χ3n) is 3.05. The largest absolute Gasteiger partial charge is 0.465 e. The van der Waals surface area contributed by atoms with Crippen LogP contribution in [0, 0.1) is 36.1 Å². The topological polar surface area (TPSA) is 76.0 Å². The second-order valence-electron chi connectivity index (χ2n) is 4.63. The molecular formula is C15H15F4NO4. The van der Waals surface area contributed by atoms with Crippen LogP contribution in [0.4, 0.5) is 17.6 Å². The molecule has 5 nitrogen and oxygen atoms in total. The molecule has 0 heterocycles. The third kappa shape index (κ3) is 3.97. The molecule has 0 amide bonds. The molecule has 0 aliphatic carbocycles. The second-order valence-corrected chi connectivity index (χ2v) is 4.63. The number of hydrogen-bond acceptors (Lipinski definition) is 5. The minimum atomic E-state index is -2.16. The number of Topliss-reactive ketones (excluding diaryl/α,β-unsaturated/α-hetero) is 1. The Morgan fingerprint density at radius 2 is 1.75 bits per heavy atom. The van der Waals surface area contributed by atoms with Crippen LogP contribution in [0.3, 0.4) is 0 Å². The molecule has 0 radical (unpaired) electrons. The summed E-state index contributed by atoms with van der Waals surface area (Å²) in [5, 5.41) is 8.65. The molecule has 0 saturated carbocycles. The molecule has 0 fully saturated rings. The predicted octanol–water partition coefficient (Wildman–Crippen LogP) is 1.98. The summed E-state index contributed by atoms with van der Waals surface area (Å²) in [5.41, 5.74) is -1.87. The Kier molecular flexibility index (Phi) is 7.02. The average molecular weight is 349 g/mol. The van der Waals surface area contributed by atoms with Gasteiger partial charge in [0, 0.05) is 11.8 Å². The highest BCUT2D eigenvalue weighted by atomic mass is 19.2. The zero-order valence-electron chi connectivity index (χ0n) is 12.9. The normalized spacial score (nSPS) is 12.5. The van der Waals surface area contributed by atoms with Gasteiger partial charge in [0.25, 0.3) is 0 Å². The Morgan fingerprint density at radius 3 is 2.29 bits per heavy atom. The first-order chi connectivity index (χ1) is 11.3. The van der Waals surface area contributed by atoms with Crippen molar-refractivity contribution in [2.45, 2.75) is 13.8 Å². The Balaban J connectivity index is 3.41. The number of aliphatic hydroxyl groups is 1. The SMILES string of the molecule is CCOC(=O)C(C=NCCO)C(=O)c1c(C)c(F)c(F)c(F)c1F. The molecule has 0 bridgehead atoms. The molecule has 1 N–H and O–H groups in total.